The molecule has 0 unspecified atom stereocenters. The molecule has 4 heteroatoms. The summed E-state index contributed by atoms with van der Waals surface area (Å²) in [6.45, 7) is 6.06. The molecule has 1 aliphatic heterocycles. The van der Waals surface area contributed by atoms with Gasteiger partial charge in [0.1, 0.15) is 5.76 Å². The summed E-state index contributed by atoms with van der Waals surface area (Å²) in [4.78, 5) is 4.86. The van der Waals surface area contributed by atoms with Crippen molar-refractivity contribution >= 4 is 0 Å². The zero-order valence-electron chi connectivity index (χ0n) is 11.8. The first-order chi connectivity index (χ1) is 9.29. The van der Waals surface area contributed by atoms with Crippen LogP contribution >= 0.6 is 0 Å². The van der Waals surface area contributed by atoms with Crippen LogP contribution in [0.5, 0.6) is 0 Å². The maximum absolute atomic E-state index is 5.89. The Morgan fingerprint density at radius 1 is 1.37 bits per heavy atom. The molecular weight excluding hydrogens is 240 g/mol. The van der Waals surface area contributed by atoms with E-state index in [9.17, 15) is 0 Å². The van der Waals surface area contributed by atoms with E-state index in [2.05, 4.69) is 22.9 Å². The van der Waals surface area contributed by atoms with Crippen LogP contribution in [0.2, 0.25) is 0 Å². The smallest absolute Gasteiger partial charge is 0.117 e. The van der Waals surface area contributed by atoms with Gasteiger partial charge >= 0.3 is 0 Å². The maximum atomic E-state index is 5.89. The van der Waals surface area contributed by atoms with Crippen molar-refractivity contribution in [1.29, 1.82) is 0 Å². The molecule has 1 aliphatic carbocycles. The number of hydrogen-bond acceptors (Lipinski definition) is 4. The monoisotopic (exact) mass is 264 g/mol. The van der Waals surface area contributed by atoms with Gasteiger partial charge in [0.05, 0.1) is 25.5 Å². The molecule has 1 atom stereocenters. The third kappa shape index (κ3) is 4.06. The van der Waals surface area contributed by atoms with E-state index >= 15 is 0 Å². The van der Waals surface area contributed by atoms with Crippen molar-refractivity contribution in [2.24, 2.45) is 5.92 Å². The third-order valence-corrected chi connectivity index (χ3v) is 3.98. The molecule has 106 valence electrons. The van der Waals surface area contributed by atoms with Crippen molar-refractivity contribution in [2.45, 2.75) is 25.5 Å². The van der Waals surface area contributed by atoms with Gasteiger partial charge in [0, 0.05) is 26.2 Å². The summed E-state index contributed by atoms with van der Waals surface area (Å²) in [6, 6.07) is 4.03. The Balaban J connectivity index is 1.55. The molecule has 1 saturated carbocycles. The maximum Gasteiger partial charge on any atom is 0.117 e. The predicted molar refractivity (Wildman–Crippen MR) is 73.9 cm³/mol. The van der Waals surface area contributed by atoms with E-state index in [0.29, 0.717) is 6.10 Å². The molecule has 2 aliphatic rings. The Bertz CT molecular complexity index is 376. The summed E-state index contributed by atoms with van der Waals surface area (Å²) >= 11 is 0. The highest BCUT2D eigenvalue weighted by molar-refractivity contribution is 4.98. The number of ether oxygens (including phenoxy) is 1. The lowest BCUT2D eigenvalue weighted by Crippen LogP contribution is -2.46. The van der Waals surface area contributed by atoms with Crippen LogP contribution in [0.25, 0.3) is 0 Å². The van der Waals surface area contributed by atoms with Gasteiger partial charge in [0.2, 0.25) is 0 Å². The summed E-state index contributed by atoms with van der Waals surface area (Å²) in [5.74, 6) is 1.96. The molecular formula is C15H24N2O2. The van der Waals surface area contributed by atoms with Crippen molar-refractivity contribution in [3.05, 3.63) is 24.2 Å². The second-order valence-corrected chi connectivity index (χ2v) is 5.97. The van der Waals surface area contributed by atoms with E-state index in [1.54, 1.807) is 6.26 Å². The molecule has 0 radical (unpaired) electrons. The lowest BCUT2D eigenvalue weighted by atomic mass is 10.2. The van der Waals surface area contributed by atoms with Crippen LogP contribution in [0.3, 0.4) is 0 Å². The lowest BCUT2D eigenvalue weighted by Gasteiger charge is -2.33. The fraction of sp³-hybridized carbons (Fsp3) is 0.733. The second-order valence-electron chi connectivity index (χ2n) is 5.97. The average molecular weight is 264 g/mol. The fourth-order valence-corrected chi connectivity index (χ4v) is 2.76. The molecule has 4 nitrogen and oxygen atoms in total. The van der Waals surface area contributed by atoms with Crippen LogP contribution < -0.4 is 0 Å². The molecule has 19 heavy (non-hydrogen) atoms. The van der Waals surface area contributed by atoms with Gasteiger partial charge in [-0.1, -0.05) is 0 Å². The highest BCUT2D eigenvalue weighted by Gasteiger charge is 2.27. The second kappa shape index (κ2) is 6.07. The zero-order chi connectivity index (χ0) is 13.1. The first kappa shape index (κ1) is 13.2. The quantitative estimate of drug-likeness (QED) is 0.784. The predicted octanol–water partition coefficient (Wildman–Crippen LogP) is 1.82. The fourth-order valence-electron chi connectivity index (χ4n) is 2.76. The van der Waals surface area contributed by atoms with Gasteiger partial charge in [-0.2, -0.15) is 0 Å². The van der Waals surface area contributed by atoms with Crippen molar-refractivity contribution in [3.8, 4) is 0 Å². The summed E-state index contributed by atoms with van der Waals surface area (Å²) in [5, 5.41) is 0. The zero-order valence-corrected chi connectivity index (χ0v) is 11.8. The van der Waals surface area contributed by atoms with Crippen LogP contribution in [0.15, 0.2) is 22.8 Å². The van der Waals surface area contributed by atoms with Gasteiger partial charge in [-0.05, 0) is 37.9 Å². The van der Waals surface area contributed by atoms with E-state index in [0.717, 1.165) is 44.5 Å². The van der Waals surface area contributed by atoms with Gasteiger partial charge in [0.25, 0.3) is 0 Å². The highest BCUT2D eigenvalue weighted by atomic mass is 16.5. The van der Waals surface area contributed by atoms with Crippen molar-refractivity contribution < 1.29 is 9.15 Å². The van der Waals surface area contributed by atoms with Crippen LogP contribution in [0.1, 0.15) is 18.6 Å². The standard InChI is InChI=1S/C15H24N2O2/c1-16-6-8-19-15(10-16)12-17(9-13-4-5-13)11-14-3-2-7-18-14/h2-3,7,13,15H,4-6,8-12H2,1H3/t15-/m0/s1. The normalized spacial score (nSPS) is 25.1. The van der Waals surface area contributed by atoms with Crippen molar-refractivity contribution in [3.63, 3.8) is 0 Å². The van der Waals surface area contributed by atoms with Crippen LogP contribution in [-0.4, -0.2) is 55.7 Å². The Labute approximate surface area is 115 Å². The molecule has 1 aromatic heterocycles. The number of furan rings is 1. The minimum absolute atomic E-state index is 0.340. The molecule has 1 aromatic rings. The van der Waals surface area contributed by atoms with Gasteiger partial charge in [-0.15, -0.1) is 0 Å². The Morgan fingerprint density at radius 3 is 2.95 bits per heavy atom. The van der Waals surface area contributed by atoms with Gasteiger partial charge in [0.15, 0.2) is 0 Å². The van der Waals surface area contributed by atoms with Gasteiger partial charge < -0.3 is 14.1 Å². The molecule has 0 aromatic carbocycles. The SMILES string of the molecule is CN1CCO[C@H](CN(Cc2ccco2)CC2CC2)C1. The van der Waals surface area contributed by atoms with E-state index in [4.69, 9.17) is 9.15 Å². The molecule has 3 rings (SSSR count). The Morgan fingerprint density at radius 2 is 2.26 bits per heavy atom. The van der Waals surface area contributed by atoms with Gasteiger partial charge in [-0.25, -0.2) is 0 Å². The summed E-state index contributed by atoms with van der Waals surface area (Å²) < 4.78 is 11.4. The van der Waals surface area contributed by atoms with E-state index < -0.39 is 0 Å². The van der Waals surface area contributed by atoms with Crippen molar-refractivity contribution in [1.82, 2.24) is 9.80 Å². The molecule has 0 bridgehead atoms. The largest absolute Gasteiger partial charge is 0.468 e. The van der Waals surface area contributed by atoms with Crippen molar-refractivity contribution in [2.75, 3.05) is 39.8 Å². The number of rotatable bonds is 6. The lowest BCUT2D eigenvalue weighted by molar-refractivity contribution is -0.0379. The van der Waals surface area contributed by atoms with Crippen LogP contribution in [0, 0.1) is 5.92 Å². The van der Waals surface area contributed by atoms with E-state index in [1.807, 2.05) is 6.07 Å². The average Bonchev–Trinajstić information content (AvgIpc) is 3.03. The highest BCUT2D eigenvalue weighted by Crippen LogP contribution is 2.30. The topological polar surface area (TPSA) is 28.9 Å². The molecule has 0 spiro atoms. The summed E-state index contributed by atoms with van der Waals surface area (Å²) in [6.07, 6.45) is 4.88. The van der Waals surface area contributed by atoms with Crippen LogP contribution in [-0.2, 0) is 11.3 Å². The molecule has 1 saturated heterocycles. The summed E-state index contributed by atoms with van der Waals surface area (Å²) in [5.41, 5.74) is 0. The number of hydrogen-bond donors (Lipinski definition) is 0. The minimum atomic E-state index is 0.340. The van der Waals surface area contributed by atoms with E-state index in [-0.39, 0.29) is 0 Å². The molecule has 2 fully saturated rings. The minimum Gasteiger partial charge on any atom is -0.468 e. The van der Waals surface area contributed by atoms with Gasteiger partial charge in [-0.3, -0.25) is 4.90 Å². The molecule has 2 heterocycles. The molecule has 0 N–H and O–H groups in total. The van der Waals surface area contributed by atoms with Crippen LogP contribution in [0.4, 0.5) is 0 Å². The third-order valence-electron chi connectivity index (χ3n) is 3.98. The first-order valence-electron chi connectivity index (χ1n) is 7.34. The molecule has 0 amide bonds. The van der Waals surface area contributed by atoms with E-state index in [1.165, 1.54) is 19.4 Å². The summed E-state index contributed by atoms with van der Waals surface area (Å²) in [7, 11) is 2.17. The first-order valence-corrected chi connectivity index (χ1v) is 7.34. The Hall–Kier alpha value is -0.840. The number of nitrogens with zero attached hydrogens (tertiary/aromatic N) is 2. The number of morpholine rings is 1. The number of likely N-dealkylation sites (N-methyl/N-ethyl adjacent to an activating group) is 1. The Kier molecular flexibility index (Phi) is 4.21.